The predicted octanol–water partition coefficient (Wildman–Crippen LogP) is 2.26. The number of guanidine groups is 1. The van der Waals surface area contributed by atoms with Gasteiger partial charge in [-0.1, -0.05) is 37.3 Å². The van der Waals surface area contributed by atoms with Crippen molar-refractivity contribution in [2.75, 3.05) is 19.6 Å². The Labute approximate surface area is 140 Å². The van der Waals surface area contributed by atoms with E-state index in [0.29, 0.717) is 11.9 Å². The largest absolute Gasteiger partial charge is 0.357 e. The van der Waals surface area contributed by atoms with E-state index in [1.807, 2.05) is 45.9 Å². The van der Waals surface area contributed by atoms with E-state index >= 15 is 0 Å². The van der Waals surface area contributed by atoms with Crippen LogP contribution in [0.1, 0.15) is 46.1 Å². The molecule has 0 heterocycles. The molecule has 0 saturated carbocycles. The van der Waals surface area contributed by atoms with Crippen LogP contribution in [0.5, 0.6) is 0 Å². The van der Waals surface area contributed by atoms with E-state index in [-0.39, 0.29) is 18.0 Å². The van der Waals surface area contributed by atoms with Gasteiger partial charge in [-0.15, -0.1) is 0 Å². The Balaban J connectivity index is 2.54. The monoisotopic (exact) mass is 318 g/mol. The highest BCUT2D eigenvalue weighted by atomic mass is 16.2. The molecule has 1 amide bonds. The van der Waals surface area contributed by atoms with E-state index in [1.165, 1.54) is 5.56 Å². The normalized spacial score (nSPS) is 13.3. The van der Waals surface area contributed by atoms with Crippen molar-refractivity contribution in [2.24, 2.45) is 4.99 Å². The lowest BCUT2D eigenvalue weighted by molar-refractivity contribution is -0.121. The number of benzene rings is 1. The van der Waals surface area contributed by atoms with Crippen molar-refractivity contribution in [3.63, 3.8) is 0 Å². The molecular formula is C18H30N4O. The summed E-state index contributed by atoms with van der Waals surface area (Å²) in [7, 11) is 0. The summed E-state index contributed by atoms with van der Waals surface area (Å²) in [5.74, 6) is 0.952. The molecule has 5 nitrogen and oxygen atoms in total. The lowest BCUT2D eigenvalue weighted by Crippen LogP contribution is -2.43. The fourth-order valence-corrected chi connectivity index (χ4v) is 2.10. The maximum absolute atomic E-state index is 11.9. The molecule has 1 aromatic rings. The second kappa shape index (κ2) is 9.18. The van der Waals surface area contributed by atoms with Gasteiger partial charge in [-0.3, -0.25) is 4.79 Å². The quantitative estimate of drug-likeness (QED) is 0.557. The summed E-state index contributed by atoms with van der Waals surface area (Å²) in [6, 6.07) is 10.3. The Morgan fingerprint density at radius 3 is 2.39 bits per heavy atom. The zero-order chi connectivity index (χ0) is 17.3. The molecule has 0 aliphatic rings. The Morgan fingerprint density at radius 2 is 1.83 bits per heavy atom. The molecule has 1 atom stereocenters. The minimum absolute atomic E-state index is 0.0780. The zero-order valence-electron chi connectivity index (χ0n) is 14.9. The van der Waals surface area contributed by atoms with Crippen molar-refractivity contribution < 1.29 is 4.79 Å². The van der Waals surface area contributed by atoms with Crippen LogP contribution in [0.2, 0.25) is 0 Å². The highest BCUT2D eigenvalue weighted by molar-refractivity contribution is 5.85. The summed E-state index contributed by atoms with van der Waals surface area (Å²) in [6.45, 7) is 11.7. The van der Waals surface area contributed by atoms with Gasteiger partial charge in [0.1, 0.15) is 6.54 Å². The molecule has 0 aliphatic carbocycles. The number of carbonyl (C=O) groups is 1. The van der Waals surface area contributed by atoms with E-state index in [9.17, 15) is 4.79 Å². The van der Waals surface area contributed by atoms with Crippen molar-refractivity contribution in [1.82, 2.24) is 16.0 Å². The molecule has 3 N–H and O–H groups in total. The van der Waals surface area contributed by atoms with Crippen LogP contribution in [-0.4, -0.2) is 37.0 Å². The third kappa shape index (κ3) is 8.24. The van der Waals surface area contributed by atoms with E-state index in [0.717, 1.165) is 13.1 Å². The molecule has 5 heteroatoms. The topological polar surface area (TPSA) is 65.5 Å². The summed E-state index contributed by atoms with van der Waals surface area (Å²) in [4.78, 5) is 16.2. The first-order chi connectivity index (χ1) is 10.8. The van der Waals surface area contributed by atoms with Gasteiger partial charge in [0.25, 0.3) is 0 Å². The highest BCUT2D eigenvalue weighted by Crippen LogP contribution is 2.12. The third-order valence-corrected chi connectivity index (χ3v) is 3.18. The summed E-state index contributed by atoms with van der Waals surface area (Å²) in [6.07, 6.45) is 0. The molecule has 0 fully saturated rings. The maximum atomic E-state index is 11.9. The van der Waals surface area contributed by atoms with Gasteiger partial charge in [-0.25, -0.2) is 4.99 Å². The van der Waals surface area contributed by atoms with Crippen molar-refractivity contribution in [1.29, 1.82) is 0 Å². The third-order valence-electron chi connectivity index (χ3n) is 3.18. The Kier molecular flexibility index (Phi) is 7.59. The minimum Gasteiger partial charge on any atom is -0.357 e. The first kappa shape index (κ1) is 19.0. The number of hydrogen-bond acceptors (Lipinski definition) is 2. The van der Waals surface area contributed by atoms with Crippen LogP contribution in [0.25, 0.3) is 0 Å². The highest BCUT2D eigenvalue weighted by Gasteiger charge is 2.13. The van der Waals surface area contributed by atoms with Gasteiger partial charge in [-0.05, 0) is 39.2 Å². The summed E-state index contributed by atoms with van der Waals surface area (Å²) >= 11 is 0. The van der Waals surface area contributed by atoms with Crippen LogP contribution < -0.4 is 16.0 Å². The van der Waals surface area contributed by atoms with Crippen molar-refractivity contribution in [2.45, 2.75) is 46.1 Å². The minimum atomic E-state index is -0.236. The number of rotatable bonds is 6. The molecule has 1 unspecified atom stereocenters. The molecule has 0 spiro atoms. The van der Waals surface area contributed by atoms with Gasteiger partial charge < -0.3 is 16.0 Å². The standard InChI is InChI=1S/C18H30N4O/c1-6-19-17(21-13-16(23)22-18(3,4)5)20-12-14(2)15-10-8-7-9-11-15/h7-11,14H,6,12-13H2,1-5H3,(H,22,23)(H2,19,20,21). The zero-order valence-corrected chi connectivity index (χ0v) is 14.9. The Hall–Kier alpha value is -2.04. The van der Waals surface area contributed by atoms with Crippen molar-refractivity contribution in [3.8, 4) is 0 Å². The second-order valence-corrected chi connectivity index (χ2v) is 6.69. The van der Waals surface area contributed by atoms with Crippen LogP contribution in [-0.2, 0) is 4.79 Å². The first-order valence-electron chi connectivity index (χ1n) is 8.20. The number of hydrogen-bond donors (Lipinski definition) is 3. The number of amides is 1. The molecule has 0 saturated heterocycles. The van der Waals surface area contributed by atoms with Crippen LogP contribution in [0.3, 0.4) is 0 Å². The number of nitrogens with zero attached hydrogens (tertiary/aromatic N) is 1. The van der Waals surface area contributed by atoms with Gasteiger partial charge in [0, 0.05) is 18.6 Å². The molecule has 23 heavy (non-hydrogen) atoms. The lowest BCUT2D eigenvalue weighted by Gasteiger charge is -2.20. The van der Waals surface area contributed by atoms with Gasteiger partial charge >= 0.3 is 0 Å². The van der Waals surface area contributed by atoms with Crippen LogP contribution >= 0.6 is 0 Å². The fourth-order valence-electron chi connectivity index (χ4n) is 2.10. The lowest BCUT2D eigenvalue weighted by atomic mass is 10.0. The molecular weight excluding hydrogens is 288 g/mol. The summed E-state index contributed by atoms with van der Waals surface area (Å²) in [5, 5.41) is 9.37. The number of nitrogens with one attached hydrogen (secondary N) is 3. The van der Waals surface area contributed by atoms with E-state index in [4.69, 9.17) is 0 Å². The molecule has 1 aromatic carbocycles. The van der Waals surface area contributed by atoms with Crippen LogP contribution in [0, 0.1) is 0 Å². The SMILES string of the molecule is CCNC(=NCC(=O)NC(C)(C)C)NCC(C)c1ccccc1. The van der Waals surface area contributed by atoms with E-state index < -0.39 is 0 Å². The molecule has 128 valence electrons. The Morgan fingerprint density at radius 1 is 1.17 bits per heavy atom. The molecule has 0 bridgehead atoms. The molecule has 0 aliphatic heterocycles. The number of aliphatic imine (C=N–C) groups is 1. The maximum Gasteiger partial charge on any atom is 0.242 e. The molecule has 0 aromatic heterocycles. The second-order valence-electron chi connectivity index (χ2n) is 6.69. The number of carbonyl (C=O) groups excluding carboxylic acids is 1. The van der Waals surface area contributed by atoms with Gasteiger partial charge in [0.15, 0.2) is 5.96 Å². The van der Waals surface area contributed by atoms with Gasteiger partial charge in [-0.2, -0.15) is 0 Å². The predicted molar refractivity (Wildman–Crippen MR) is 96.7 cm³/mol. The summed E-state index contributed by atoms with van der Waals surface area (Å²) in [5.41, 5.74) is 1.04. The van der Waals surface area contributed by atoms with Gasteiger partial charge in [0.05, 0.1) is 0 Å². The molecule has 0 radical (unpaired) electrons. The summed E-state index contributed by atoms with van der Waals surface area (Å²) < 4.78 is 0. The Bertz CT molecular complexity index is 506. The average Bonchev–Trinajstić information content (AvgIpc) is 2.49. The first-order valence-corrected chi connectivity index (χ1v) is 8.20. The van der Waals surface area contributed by atoms with Crippen molar-refractivity contribution >= 4 is 11.9 Å². The van der Waals surface area contributed by atoms with Crippen LogP contribution in [0.4, 0.5) is 0 Å². The smallest absolute Gasteiger partial charge is 0.242 e. The van der Waals surface area contributed by atoms with E-state index in [2.05, 4.69) is 40.0 Å². The van der Waals surface area contributed by atoms with Crippen molar-refractivity contribution in [3.05, 3.63) is 35.9 Å². The average molecular weight is 318 g/mol. The van der Waals surface area contributed by atoms with Gasteiger partial charge in [0.2, 0.25) is 5.91 Å². The van der Waals surface area contributed by atoms with Crippen LogP contribution in [0.15, 0.2) is 35.3 Å². The van der Waals surface area contributed by atoms with E-state index in [1.54, 1.807) is 0 Å². The molecule has 1 rings (SSSR count). The fraction of sp³-hybridized carbons (Fsp3) is 0.556.